The maximum absolute atomic E-state index is 13.8. The largest absolute Gasteiger partial charge is 0.487 e. The van der Waals surface area contributed by atoms with Gasteiger partial charge in [-0.3, -0.25) is 28.8 Å². The van der Waals surface area contributed by atoms with Crippen molar-refractivity contribution in [1.82, 2.24) is 0 Å². The average molecular weight is 1620 g/mol. The number of carbonyl (C=O) groups excluding carboxylic acids is 6. The van der Waals surface area contributed by atoms with Crippen molar-refractivity contribution >= 4 is 35.4 Å². The Morgan fingerprint density at radius 3 is 1.02 bits per heavy atom. The van der Waals surface area contributed by atoms with E-state index < -0.39 is 46.9 Å². The highest BCUT2D eigenvalue weighted by Gasteiger charge is 2.43. The van der Waals surface area contributed by atoms with E-state index in [0.29, 0.717) is 47.3 Å². The number of ether oxygens (including phenoxy) is 6. The molecule has 12 nitrogen and oxygen atoms in total. The molecule has 2 aliphatic carbocycles. The van der Waals surface area contributed by atoms with Gasteiger partial charge in [-0.05, 0) is 250 Å². The minimum Gasteiger partial charge on any atom is -0.487 e. The van der Waals surface area contributed by atoms with E-state index in [4.69, 9.17) is 28.4 Å². The zero-order valence-electron chi connectivity index (χ0n) is 78.4. The number of ketones is 2. The molecule has 0 bridgehead atoms. The summed E-state index contributed by atoms with van der Waals surface area (Å²) in [6.07, 6.45) is 52.2. The number of hydrogen-bond acceptors (Lipinski definition) is 12. The van der Waals surface area contributed by atoms with Crippen LogP contribution in [-0.4, -0.2) is 58.9 Å². The lowest BCUT2D eigenvalue weighted by atomic mass is 9.71. The molecule has 0 amide bonds. The molecule has 0 saturated heterocycles. The smallest absolute Gasteiger partial charge is 0.311 e. The highest BCUT2D eigenvalue weighted by atomic mass is 16.6. The third-order valence-corrected chi connectivity index (χ3v) is 26.0. The van der Waals surface area contributed by atoms with E-state index >= 15 is 0 Å². The summed E-state index contributed by atoms with van der Waals surface area (Å²) >= 11 is 0. The molecule has 0 N–H and O–H groups in total. The third-order valence-electron chi connectivity index (χ3n) is 26.0. The molecule has 0 radical (unpaired) electrons. The number of esters is 4. The van der Waals surface area contributed by atoms with Gasteiger partial charge in [0.05, 0.1) is 25.7 Å². The molecule has 118 heavy (non-hydrogen) atoms. The fraction of sp³-hybridized carbons (Fsp3) is 0.623. The van der Waals surface area contributed by atoms with Gasteiger partial charge in [0.15, 0.2) is 23.8 Å². The Balaban J connectivity index is 0.899. The molecule has 12 heteroatoms. The molecular formula is C106H156O12. The zero-order valence-corrected chi connectivity index (χ0v) is 78.4. The predicted octanol–water partition coefficient (Wildman–Crippen LogP) is 27.7. The van der Waals surface area contributed by atoms with Gasteiger partial charge in [0, 0.05) is 24.0 Å². The Bertz CT molecular complexity index is 3910. The van der Waals surface area contributed by atoms with Gasteiger partial charge in [-0.2, -0.15) is 0 Å². The number of hydrogen-bond donors (Lipinski definition) is 0. The Morgan fingerprint density at radius 1 is 0.390 bits per heavy atom. The Kier molecular flexibility index (Phi) is 39.0. The van der Waals surface area contributed by atoms with Gasteiger partial charge in [0.25, 0.3) is 0 Å². The van der Waals surface area contributed by atoms with Crippen molar-refractivity contribution in [2.24, 2.45) is 46.3 Å². The fourth-order valence-corrected chi connectivity index (χ4v) is 17.8. The summed E-state index contributed by atoms with van der Waals surface area (Å²) in [6.45, 7) is 55.3. The van der Waals surface area contributed by atoms with Crippen molar-refractivity contribution in [2.45, 2.75) is 383 Å². The summed E-state index contributed by atoms with van der Waals surface area (Å²) in [4.78, 5) is 81.1. The Morgan fingerprint density at radius 2 is 0.686 bits per heavy atom. The molecule has 2 aromatic carbocycles. The van der Waals surface area contributed by atoms with Crippen LogP contribution in [0.3, 0.4) is 0 Å². The van der Waals surface area contributed by atoms with E-state index in [1.807, 2.05) is 154 Å². The van der Waals surface area contributed by atoms with E-state index in [0.717, 1.165) is 164 Å². The van der Waals surface area contributed by atoms with Crippen LogP contribution in [0.4, 0.5) is 0 Å². The molecule has 0 aromatic heterocycles. The maximum atomic E-state index is 13.8. The van der Waals surface area contributed by atoms with E-state index in [-0.39, 0.29) is 48.5 Å². The van der Waals surface area contributed by atoms with Crippen molar-refractivity contribution in [3.63, 3.8) is 0 Å². The summed E-state index contributed by atoms with van der Waals surface area (Å²) < 4.78 is 37.4. The summed E-state index contributed by atoms with van der Waals surface area (Å²) in [5.74, 6) is 4.76. The first-order valence-electron chi connectivity index (χ1n) is 45.5. The van der Waals surface area contributed by atoms with Crippen LogP contribution in [0.25, 0.3) is 0 Å². The van der Waals surface area contributed by atoms with Gasteiger partial charge < -0.3 is 28.4 Å². The van der Waals surface area contributed by atoms with E-state index in [1.165, 1.54) is 89.9 Å². The second-order valence-electron chi connectivity index (χ2n) is 39.1. The van der Waals surface area contributed by atoms with Crippen molar-refractivity contribution in [3.05, 3.63) is 174 Å². The Labute approximate surface area is 715 Å². The lowest BCUT2D eigenvalue weighted by molar-refractivity contribution is -0.157. The average Bonchev–Trinajstić information content (AvgIpc) is 0.764. The van der Waals surface area contributed by atoms with Crippen LogP contribution < -0.4 is 18.9 Å². The number of rotatable bonds is 44. The van der Waals surface area contributed by atoms with Gasteiger partial charge in [-0.25, -0.2) is 0 Å². The second-order valence-corrected chi connectivity index (χ2v) is 39.1. The van der Waals surface area contributed by atoms with Gasteiger partial charge in [0.1, 0.15) is 34.2 Å². The van der Waals surface area contributed by atoms with Crippen LogP contribution in [0.15, 0.2) is 130 Å². The SMILES string of the molecule is CC1=C(/C=C/C(C)=C/C=C/C(C)=C/C=C/C=C(C)/C=C/C=C(C)/C=C/C2=C(C)C(=O)C(OC(=O)CCC(=O)Oc3c(C)c(C)c4c(c3C)CCC(C)(CCCC(C)CCCC(C)CCCC(C)C)O4)CC2(C)C)C(C)(C)CC(OC(=O)CCC(=O)Oc2c(C)c(C)c3c(c2C)CCC(C)(CCCC(C)CCCC(C)CCCC(C)C)O3)C1=O. The molecule has 2 heterocycles. The second kappa shape index (κ2) is 46.4. The third kappa shape index (κ3) is 30.8. The predicted molar refractivity (Wildman–Crippen MR) is 488 cm³/mol. The summed E-state index contributed by atoms with van der Waals surface area (Å²) in [5.41, 5.74) is 13.2. The molecule has 0 saturated carbocycles. The van der Waals surface area contributed by atoms with Crippen molar-refractivity contribution in [1.29, 1.82) is 0 Å². The number of allylic oxidation sites excluding steroid dienone is 20. The fourth-order valence-electron chi connectivity index (χ4n) is 17.8. The first kappa shape index (κ1) is 99.2. The summed E-state index contributed by atoms with van der Waals surface area (Å²) in [5, 5.41) is 0. The molecule has 2 aromatic rings. The summed E-state index contributed by atoms with van der Waals surface area (Å²) in [6, 6.07) is 0. The number of benzene rings is 2. The molecular weight excluding hydrogens is 1470 g/mol. The molecule has 4 aliphatic rings. The highest BCUT2D eigenvalue weighted by molar-refractivity contribution is 6.02. The summed E-state index contributed by atoms with van der Waals surface area (Å²) in [7, 11) is 0. The van der Waals surface area contributed by atoms with Gasteiger partial charge in [-0.1, -0.05) is 280 Å². The molecule has 0 spiro atoms. The number of fused-ring (bicyclic) bond motifs is 2. The minimum atomic E-state index is -0.951. The van der Waals surface area contributed by atoms with Crippen LogP contribution in [0.2, 0.25) is 0 Å². The quantitative estimate of drug-likeness (QED) is 0.0352. The first-order valence-corrected chi connectivity index (χ1v) is 45.5. The van der Waals surface area contributed by atoms with Crippen molar-refractivity contribution in [2.75, 3.05) is 0 Å². The van der Waals surface area contributed by atoms with Crippen molar-refractivity contribution < 1.29 is 57.2 Å². The van der Waals surface area contributed by atoms with Gasteiger partial charge >= 0.3 is 23.9 Å². The van der Waals surface area contributed by atoms with E-state index in [1.54, 1.807) is 13.8 Å². The van der Waals surface area contributed by atoms with Crippen LogP contribution in [-0.2, 0) is 51.1 Å². The first-order chi connectivity index (χ1) is 55.4. The molecule has 2 aliphatic heterocycles. The lowest BCUT2D eigenvalue weighted by Crippen LogP contribution is -2.39. The van der Waals surface area contributed by atoms with Crippen LogP contribution in [0, 0.1) is 87.9 Å². The topological polar surface area (TPSA) is 158 Å². The van der Waals surface area contributed by atoms with Crippen molar-refractivity contribution in [3.8, 4) is 23.0 Å². The standard InChI is InChI=1S/C106H156O12/c1-69(2)37-29-41-73(7)45-31-47-75(9)51-35-63-105(25)65-61-87-83(17)99(79(13)81(15)101(87)117-105)115-95(109)59-57-93(107)113-91-67-103(21,22)89(85(19)97(91)111)55-53-77(11)49-33-43-71(5)39-27-28-40-72(6)44-34-50-78(12)54-56-90-86(20)98(112)92(68-104(90,23)24)114-94(108)58-60-96(110)116-100-80(14)82(16)102-88(84(100)18)62-66-106(26,118-102)64-36-52-76(10)48-32-46-74(8)42-30-38-70(3)4/h27-28,33-34,39-40,43-44,49-50,53-56,69-70,73-76,91-92H,29-32,35-38,41-42,45-48,51-52,57-68H2,1-26H3/b28-27+,43-33+,44-34+,55-53+,56-54+,71-39+,72-40+,77-49+,78-50+. The maximum Gasteiger partial charge on any atom is 0.311 e. The number of carbonyl (C=O) groups is 6. The van der Waals surface area contributed by atoms with E-state index in [2.05, 4.69) is 96.9 Å². The normalized spacial score (nSPS) is 21.2. The van der Waals surface area contributed by atoms with Crippen LogP contribution in [0.5, 0.6) is 23.0 Å². The van der Waals surface area contributed by atoms with Crippen LogP contribution >= 0.6 is 0 Å². The number of Topliss-reactive ketones (excluding diaryl/α,β-unsaturated/α-hetero) is 2. The molecule has 6 rings (SSSR count). The monoisotopic (exact) mass is 1620 g/mol. The minimum absolute atomic E-state index is 0.175. The highest BCUT2D eigenvalue weighted by Crippen LogP contribution is 2.49. The Hall–Kier alpha value is -7.60. The lowest BCUT2D eigenvalue weighted by Gasteiger charge is -2.38. The van der Waals surface area contributed by atoms with Crippen LogP contribution in [0.1, 0.15) is 350 Å². The van der Waals surface area contributed by atoms with E-state index in [9.17, 15) is 28.8 Å². The molecule has 8 unspecified atom stereocenters. The molecule has 0 fully saturated rings. The van der Waals surface area contributed by atoms with Gasteiger partial charge in [0.2, 0.25) is 0 Å². The zero-order chi connectivity index (χ0) is 87.6. The van der Waals surface area contributed by atoms with Gasteiger partial charge in [-0.15, -0.1) is 0 Å². The molecule has 8 atom stereocenters. The molecule has 652 valence electrons.